The van der Waals surface area contributed by atoms with E-state index in [1.54, 1.807) is 11.8 Å². The number of nitrogens with zero attached hydrogens (tertiary/aromatic N) is 3. The summed E-state index contributed by atoms with van der Waals surface area (Å²) in [5.74, 6) is 0.822. The highest BCUT2D eigenvalue weighted by Crippen LogP contribution is 2.23. The summed E-state index contributed by atoms with van der Waals surface area (Å²) < 4.78 is 12.8. The van der Waals surface area contributed by atoms with Crippen LogP contribution in [-0.4, -0.2) is 54.6 Å². The van der Waals surface area contributed by atoms with Crippen LogP contribution < -0.4 is 10.1 Å². The molecule has 25 heavy (non-hydrogen) atoms. The Labute approximate surface area is 149 Å². The lowest BCUT2D eigenvalue weighted by Gasteiger charge is -2.31. The minimum Gasteiger partial charge on any atom is -0.481 e. The first kappa shape index (κ1) is 17.9. The summed E-state index contributed by atoms with van der Waals surface area (Å²) in [5.41, 5.74) is 3.42. The van der Waals surface area contributed by atoms with Gasteiger partial charge in [0.2, 0.25) is 5.88 Å². The third kappa shape index (κ3) is 4.39. The first-order valence-electron chi connectivity index (χ1n) is 8.84. The van der Waals surface area contributed by atoms with Crippen LogP contribution in [0.4, 0.5) is 0 Å². The zero-order valence-corrected chi connectivity index (χ0v) is 15.4. The largest absolute Gasteiger partial charge is 0.481 e. The zero-order valence-electron chi connectivity index (χ0n) is 15.4. The molecular formula is C19H28N4O2. The Bertz CT molecular complexity index is 666. The van der Waals surface area contributed by atoms with Gasteiger partial charge in [-0.3, -0.25) is 4.90 Å². The van der Waals surface area contributed by atoms with Crippen molar-refractivity contribution >= 4 is 0 Å². The van der Waals surface area contributed by atoms with Crippen LogP contribution in [0.3, 0.4) is 0 Å². The Morgan fingerprint density at radius 3 is 2.64 bits per heavy atom. The van der Waals surface area contributed by atoms with E-state index in [1.165, 1.54) is 5.56 Å². The van der Waals surface area contributed by atoms with Gasteiger partial charge in [0.1, 0.15) is 0 Å². The Morgan fingerprint density at radius 2 is 1.96 bits per heavy atom. The van der Waals surface area contributed by atoms with Gasteiger partial charge < -0.3 is 14.8 Å². The second kappa shape index (κ2) is 8.47. The summed E-state index contributed by atoms with van der Waals surface area (Å²) >= 11 is 0. The van der Waals surface area contributed by atoms with Crippen molar-refractivity contribution in [2.24, 2.45) is 7.05 Å². The standard InChI is InChI=1S/C19H28N4O2/c1-15-17(19(24-3)22(2)21-15)13-20-18(16-7-5-4-6-8-16)14-23-9-11-25-12-10-23/h4-8,18,20H,9-14H2,1-3H3. The van der Waals surface area contributed by atoms with Gasteiger partial charge in [-0.1, -0.05) is 30.3 Å². The number of aromatic nitrogens is 2. The van der Waals surface area contributed by atoms with Crippen molar-refractivity contribution in [3.63, 3.8) is 0 Å². The van der Waals surface area contributed by atoms with Crippen molar-refractivity contribution in [2.75, 3.05) is 40.0 Å². The van der Waals surface area contributed by atoms with Crippen molar-refractivity contribution < 1.29 is 9.47 Å². The fourth-order valence-electron chi connectivity index (χ4n) is 3.38. The molecule has 0 amide bonds. The summed E-state index contributed by atoms with van der Waals surface area (Å²) in [5, 5.41) is 8.19. The van der Waals surface area contributed by atoms with Gasteiger partial charge >= 0.3 is 0 Å². The summed E-state index contributed by atoms with van der Waals surface area (Å²) in [6.07, 6.45) is 0. The third-order valence-corrected chi connectivity index (χ3v) is 4.75. The lowest BCUT2D eigenvalue weighted by atomic mass is 10.1. The third-order valence-electron chi connectivity index (χ3n) is 4.75. The van der Waals surface area contributed by atoms with E-state index >= 15 is 0 Å². The minimum atomic E-state index is 0.253. The van der Waals surface area contributed by atoms with E-state index < -0.39 is 0 Å². The number of morpholine rings is 1. The molecule has 1 aromatic heterocycles. The van der Waals surface area contributed by atoms with Crippen LogP contribution in [-0.2, 0) is 18.3 Å². The highest BCUT2D eigenvalue weighted by atomic mass is 16.5. The van der Waals surface area contributed by atoms with E-state index in [0.717, 1.165) is 56.5 Å². The van der Waals surface area contributed by atoms with Gasteiger partial charge in [0.15, 0.2) is 0 Å². The lowest BCUT2D eigenvalue weighted by Crippen LogP contribution is -2.41. The van der Waals surface area contributed by atoms with Crippen LogP contribution in [0.2, 0.25) is 0 Å². The molecule has 1 unspecified atom stereocenters. The number of hydrogen-bond donors (Lipinski definition) is 1. The molecule has 1 atom stereocenters. The number of aryl methyl sites for hydroxylation is 2. The van der Waals surface area contributed by atoms with Crippen molar-refractivity contribution in [1.82, 2.24) is 20.0 Å². The summed E-state index contributed by atoms with van der Waals surface area (Å²) in [6, 6.07) is 10.9. The SMILES string of the molecule is COc1c(CNC(CN2CCOCC2)c2ccccc2)c(C)nn1C. The van der Waals surface area contributed by atoms with Gasteiger partial charge in [-0.15, -0.1) is 0 Å². The van der Waals surface area contributed by atoms with Crippen LogP contribution in [0.15, 0.2) is 30.3 Å². The number of rotatable bonds is 7. The molecule has 3 rings (SSSR count). The molecule has 6 heteroatoms. The maximum Gasteiger partial charge on any atom is 0.216 e. The average molecular weight is 344 g/mol. The van der Waals surface area contributed by atoms with Crippen LogP contribution in [0.1, 0.15) is 22.9 Å². The summed E-state index contributed by atoms with van der Waals surface area (Å²) in [7, 11) is 3.61. The number of ether oxygens (including phenoxy) is 2. The monoisotopic (exact) mass is 344 g/mol. The molecule has 1 aliphatic heterocycles. The molecule has 1 saturated heterocycles. The second-order valence-corrected chi connectivity index (χ2v) is 6.45. The molecule has 1 aliphatic rings. The fourth-order valence-corrected chi connectivity index (χ4v) is 3.38. The Kier molecular flexibility index (Phi) is 6.07. The molecule has 1 fully saturated rings. The van der Waals surface area contributed by atoms with Crippen LogP contribution in [0, 0.1) is 6.92 Å². The van der Waals surface area contributed by atoms with E-state index in [0.29, 0.717) is 0 Å². The predicted molar refractivity (Wildman–Crippen MR) is 97.8 cm³/mol. The molecule has 1 N–H and O–H groups in total. The quantitative estimate of drug-likeness (QED) is 0.831. The fraction of sp³-hybridized carbons (Fsp3) is 0.526. The van der Waals surface area contributed by atoms with Crippen LogP contribution >= 0.6 is 0 Å². The first-order valence-corrected chi connectivity index (χ1v) is 8.84. The first-order chi connectivity index (χ1) is 12.2. The molecule has 0 aliphatic carbocycles. The van der Waals surface area contributed by atoms with Crippen molar-refractivity contribution in [1.29, 1.82) is 0 Å². The maximum atomic E-state index is 5.52. The van der Waals surface area contributed by atoms with Gasteiger partial charge in [-0.05, 0) is 12.5 Å². The summed E-state index contributed by atoms with van der Waals surface area (Å²) in [6.45, 7) is 7.33. The Balaban J connectivity index is 1.73. The summed E-state index contributed by atoms with van der Waals surface area (Å²) in [4.78, 5) is 2.46. The normalized spacial score (nSPS) is 16.8. The van der Waals surface area contributed by atoms with Crippen molar-refractivity contribution in [2.45, 2.75) is 19.5 Å². The van der Waals surface area contributed by atoms with Gasteiger partial charge in [0.05, 0.1) is 31.6 Å². The Hall–Kier alpha value is -1.89. The second-order valence-electron chi connectivity index (χ2n) is 6.45. The minimum absolute atomic E-state index is 0.253. The van der Waals surface area contributed by atoms with E-state index in [4.69, 9.17) is 9.47 Å². The van der Waals surface area contributed by atoms with Gasteiger partial charge in [-0.25, -0.2) is 4.68 Å². The number of benzene rings is 1. The molecule has 0 saturated carbocycles. The average Bonchev–Trinajstić information content (AvgIpc) is 2.92. The lowest BCUT2D eigenvalue weighted by molar-refractivity contribution is 0.0333. The maximum absolute atomic E-state index is 5.52. The molecule has 2 aromatic rings. The van der Waals surface area contributed by atoms with Crippen LogP contribution in [0.25, 0.3) is 0 Å². The predicted octanol–water partition coefficient (Wildman–Crippen LogP) is 1.90. The molecule has 1 aromatic carbocycles. The van der Waals surface area contributed by atoms with Crippen molar-refractivity contribution in [3.8, 4) is 5.88 Å². The zero-order chi connectivity index (χ0) is 17.6. The van der Waals surface area contributed by atoms with Gasteiger partial charge in [0, 0.05) is 39.3 Å². The van der Waals surface area contributed by atoms with Gasteiger partial charge in [0.25, 0.3) is 0 Å². The molecular weight excluding hydrogens is 316 g/mol. The highest BCUT2D eigenvalue weighted by Gasteiger charge is 2.20. The van der Waals surface area contributed by atoms with E-state index in [9.17, 15) is 0 Å². The number of hydrogen-bond acceptors (Lipinski definition) is 5. The van der Waals surface area contributed by atoms with E-state index in [1.807, 2.05) is 14.0 Å². The molecule has 0 bridgehead atoms. The molecule has 0 spiro atoms. The topological polar surface area (TPSA) is 51.6 Å². The Morgan fingerprint density at radius 1 is 1.24 bits per heavy atom. The van der Waals surface area contributed by atoms with Crippen molar-refractivity contribution in [3.05, 3.63) is 47.2 Å². The molecule has 136 valence electrons. The van der Waals surface area contributed by atoms with E-state index in [-0.39, 0.29) is 6.04 Å². The molecule has 6 nitrogen and oxygen atoms in total. The number of methoxy groups -OCH3 is 1. The number of nitrogens with one attached hydrogen (secondary N) is 1. The smallest absolute Gasteiger partial charge is 0.216 e. The highest BCUT2D eigenvalue weighted by molar-refractivity contribution is 5.31. The van der Waals surface area contributed by atoms with Gasteiger partial charge in [-0.2, -0.15) is 5.10 Å². The molecule has 0 radical (unpaired) electrons. The van der Waals surface area contributed by atoms with E-state index in [2.05, 4.69) is 45.6 Å². The van der Waals surface area contributed by atoms with Crippen LogP contribution in [0.5, 0.6) is 5.88 Å². The molecule has 2 heterocycles.